The van der Waals surface area contributed by atoms with Crippen molar-refractivity contribution in [2.45, 2.75) is 19.5 Å². The number of rotatable bonds is 3. The summed E-state index contributed by atoms with van der Waals surface area (Å²) in [7, 11) is 0. The van der Waals surface area contributed by atoms with Crippen molar-refractivity contribution in [3.8, 4) is 0 Å². The normalized spacial score (nSPS) is 15.2. The predicted molar refractivity (Wildman–Crippen MR) is 112 cm³/mol. The molecule has 2 aliphatic rings. The first-order valence-corrected chi connectivity index (χ1v) is 10.0. The van der Waals surface area contributed by atoms with Crippen molar-refractivity contribution in [1.29, 1.82) is 0 Å². The van der Waals surface area contributed by atoms with Crippen LogP contribution in [0.3, 0.4) is 0 Å². The highest BCUT2D eigenvalue weighted by molar-refractivity contribution is 6.22. The molecule has 0 N–H and O–H groups in total. The average Bonchev–Trinajstić information content (AvgIpc) is 3.03. The monoisotopic (exact) mass is 396 g/mol. The van der Waals surface area contributed by atoms with Gasteiger partial charge >= 0.3 is 0 Å². The Morgan fingerprint density at radius 1 is 0.800 bits per heavy atom. The Balaban J connectivity index is 1.39. The molecule has 0 aromatic heterocycles. The van der Waals surface area contributed by atoms with E-state index in [-0.39, 0.29) is 24.3 Å². The Kier molecular flexibility index (Phi) is 4.43. The van der Waals surface area contributed by atoms with Gasteiger partial charge in [-0.2, -0.15) is 0 Å². The Labute approximate surface area is 174 Å². The SMILES string of the molecule is O=C(c1ccc2c(c1)C(=O)N(Cc1ccccc1)C2=O)N1CCc2ccccc2C1. The molecule has 0 spiro atoms. The summed E-state index contributed by atoms with van der Waals surface area (Å²) < 4.78 is 0. The van der Waals surface area contributed by atoms with Crippen molar-refractivity contribution in [2.24, 2.45) is 0 Å². The largest absolute Gasteiger partial charge is 0.334 e. The van der Waals surface area contributed by atoms with Gasteiger partial charge in [0, 0.05) is 18.7 Å². The van der Waals surface area contributed by atoms with E-state index in [1.165, 1.54) is 10.5 Å². The molecule has 148 valence electrons. The number of hydrogen-bond acceptors (Lipinski definition) is 3. The standard InChI is InChI=1S/C25H20N2O3/c28-23(26-13-12-18-8-4-5-9-20(18)16-26)19-10-11-21-22(14-19)25(30)27(24(21)29)15-17-6-2-1-3-7-17/h1-11,14H,12-13,15-16H2. The summed E-state index contributed by atoms with van der Waals surface area (Å²) in [5.41, 5.74) is 4.41. The molecule has 0 unspecified atom stereocenters. The van der Waals surface area contributed by atoms with Crippen LogP contribution in [0.1, 0.15) is 47.8 Å². The fourth-order valence-corrected chi connectivity index (χ4v) is 4.18. The minimum Gasteiger partial charge on any atom is -0.334 e. The van der Waals surface area contributed by atoms with E-state index < -0.39 is 0 Å². The first-order chi connectivity index (χ1) is 14.6. The molecule has 0 atom stereocenters. The van der Waals surface area contributed by atoms with Crippen molar-refractivity contribution in [2.75, 3.05) is 6.54 Å². The van der Waals surface area contributed by atoms with Gasteiger partial charge in [-0.25, -0.2) is 0 Å². The Morgan fingerprint density at radius 3 is 2.30 bits per heavy atom. The summed E-state index contributed by atoms with van der Waals surface area (Å²) in [5.74, 6) is -0.781. The minimum atomic E-state index is -0.350. The molecule has 0 aliphatic carbocycles. The third-order valence-corrected chi connectivity index (χ3v) is 5.82. The lowest BCUT2D eigenvalue weighted by Crippen LogP contribution is -2.36. The van der Waals surface area contributed by atoms with Gasteiger partial charge in [-0.15, -0.1) is 0 Å². The van der Waals surface area contributed by atoms with E-state index in [0.29, 0.717) is 29.8 Å². The number of amides is 3. The molecule has 0 saturated carbocycles. The van der Waals surface area contributed by atoms with E-state index in [9.17, 15) is 14.4 Å². The quantitative estimate of drug-likeness (QED) is 0.635. The lowest BCUT2D eigenvalue weighted by Gasteiger charge is -2.29. The summed E-state index contributed by atoms with van der Waals surface area (Å²) in [6, 6.07) is 22.4. The highest BCUT2D eigenvalue weighted by Gasteiger charge is 2.36. The molecular weight excluding hydrogens is 376 g/mol. The molecule has 0 bridgehead atoms. The van der Waals surface area contributed by atoms with E-state index in [4.69, 9.17) is 0 Å². The van der Waals surface area contributed by atoms with Crippen LogP contribution in [0.5, 0.6) is 0 Å². The fourth-order valence-electron chi connectivity index (χ4n) is 4.18. The van der Waals surface area contributed by atoms with Crippen LogP contribution in [0.2, 0.25) is 0 Å². The van der Waals surface area contributed by atoms with E-state index in [1.807, 2.05) is 48.5 Å². The molecule has 0 saturated heterocycles. The van der Waals surface area contributed by atoms with Gasteiger partial charge in [-0.05, 0) is 41.3 Å². The number of hydrogen-bond donors (Lipinski definition) is 0. The van der Waals surface area contributed by atoms with Crippen LogP contribution < -0.4 is 0 Å². The van der Waals surface area contributed by atoms with Crippen LogP contribution in [0, 0.1) is 0 Å². The van der Waals surface area contributed by atoms with Crippen molar-refractivity contribution in [3.63, 3.8) is 0 Å². The smallest absolute Gasteiger partial charge is 0.261 e. The van der Waals surface area contributed by atoms with Gasteiger partial charge in [-0.3, -0.25) is 19.3 Å². The summed E-state index contributed by atoms with van der Waals surface area (Å²) in [5, 5.41) is 0. The number of imide groups is 1. The number of carbonyl (C=O) groups is 3. The van der Waals surface area contributed by atoms with Crippen molar-refractivity contribution in [1.82, 2.24) is 9.80 Å². The van der Waals surface area contributed by atoms with Gasteiger partial charge in [0.25, 0.3) is 17.7 Å². The van der Waals surface area contributed by atoms with Crippen LogP contribution in [0.15, 0.2) is 72.8 Å². The minimum absolute atomic E-state index is 0.117. The second-order valence-corrected chi connectivity index (χ2v) is 7.69. The Bertz CT molecular complexity index is 1170. The predicted octanol–water partition coefficient (Wildman–Crippen LogP) is 3.68. The fraction of sp³-hybridized carbons (Fsp3) is 0.160. The zero-order valence-electron chi connectivity index (χ0n) is 16.4. The van der Waals surface area contributed by atoms with Gasteiger partial charge in [0.15, 0.2) is 0 Å². The zero-order valence-corrected chi connectivity index (χ0v) is 16.4. The first kappa shape index (κ1) is 18.3. The molecular formula is C25H20N2O3. The molecule has 3 amide bonds. The molecule has 5 heteroatoms. The molecule has 0 fully saturated rings. The van der Waals surface area contributed by atoms with E-state index in [0.717, 1.165) is 17.5 Å². The highest BCUT2D eigenvalue weighted by atomic mass is 16.2. The van der Waals surface area contributed by atoms with Gasteiger partial charge in [0.05, 0.1) is 17.7 Å². The molecule has 30 heavy (non-hydrogen) atoms. The molecule has 5 rings (SSSR count). The highest BCUT2D eigenvalue weighted by Crippen LogP contribution is 2.27. The number of benzene rings is 3. The number of carbonyl (C=O) groups excluding carboxylic acids is 3. The van der Waals surface area contributed by atoms with Crippen LogP contribution in [0.25, 0.3) is 0 Å². The third-order valence-electron chi connectivity index (χ3n) is 5.82. The van der Waals surface area contributed by atoms with Gasteiger partial charge in [0.1, 0.15) is 0 Å². The van der Waals surface area contributed by atoms with E-state index in [1.54, 1.807) is 23.1 Å². The molecule has 2 aliphatic heterocycles. The second-order valence-electron chi connectivity index (χ2n) is 7.69. The zero-order chi connectivity index (χ0) is 20.7. The van der Waals surface area contributed by atoms with Crippen LogP contribution in [-0.2, 0) is 19.5 Å². The number of nitrogens with zero attached hydrogens (tertiary/aromatic N) is 2. The summed E-state index contributed by atoms with van der Waals surface area (Å²) in [6.07, 6.45) is 0.815. The van der Waals surface area contributed by atoms with Crippen LogP contribution in [-0.4, -0.2) is 34.1 Å². The maximum absolute atomic E-state index is 13.1. The van der Waals surface area contributed by atoms with Crippen LogP contribution in [0.4, 0.5) is 0 Å². The van der Waals surface area contributed by atoms with Gasteiger partial charge < -0.3 is 4.90 Å². The average molecular weight is 396 g/mol. The molecule has 3 aromatic carbocycles. The molecule has 3 aromatic rings. The number of fused-ring (bicyclic) bond motifs is 2. The van der Waals surface area contributed by atoms with Crippen molar-refractivity contribution >= 4 is 17.7 Å². The second kappa shape index (κ2) is 7.26. The summed E-state index contributed by atoms with van der Waals surface area (Å²) in [6.45, 7) is 1.42. The van der Waals surface area contributed by atoms with E-state index >= 15 is 0 Å². The molecule has 5 nitrogen and oxygen atoms in total. The van der Waals surface area contributed by atoms with Gasteiger partial charge in [-0.1, -0.05) is 54.6 Å². The van der Waals surface area contributed by atoms with Crippen molar-refractivity contribution < 1.29 is 14.4 Å². The van der Waals surface area contributed by atoms with Crippen molar-refractivity contribution in [3.05, 3.63) is 106 Å². The van der Waals surface area contributed by atoms with E-state index in [2.05, 4.69) is 6.07 Å². The lowest BCUT2D eigenvalue weighted by atomic mass is 9.98. The summed E-state index contributed by atoms with van der Waals surface area (Å²) >= 11 is 0. The Hall–Kier alpha value is -3.73. The summed E-state index contributed by atoms with van der Waals surface area (Å²) in [4.78, 5) is 41.8. The Morgan fingerprint density at radius 2 is 1.50 bits per heavy atom. The first-order valence-electron chi connectivity index (χ1n) is 10.0. The third kappa shape index (κ3) is 3.08. The maximum Gasteiger partial charge on any atom is 0.261 e. The maximum atomic E-state index is 13.1. The van der Waals surface area contributed by atoms with Gasteiger partial charge in [0.2, 0.25) is 0 Å². The molecule has 2 heterocycles. The molecule has 0 radical (unpaired) electrons. The van der Waals surface area contributed by atoms with Crippen LogP contribution >= 0.6 is 0 Å². The lowest BCUT2D eigenvalue weighted by molar-refractivity contribution is 0.0642. The topological polar surface area (TPSA) is 57.7 Å².